The molecule has 1 aliphatic heterocycles. The molecule has 7 nitrogen and oxygen atoms in total. The quantitative estimate of drug-likeness (QED) is 0.713. The lowest BCUT2D eigenvalue weighted by atomic mass is 9.85. The van der Waals surface area contributed by atoms with Crippen LogP contribution in [0.5, 0.6) is 0 Å². The zero-order valence-corrected chi connectivity index (χ0v) is 15.6. The van der Waals surface area contributed by atoms with Crippen LogP contribution in [0.4, 0.5) is 0 Å². The summed E-state index contributed by atoms with van der Waals surface area (Å²) in [4.78, 5) is 17.1. The van der Waals surface area contributed by atoms with Crippen LogP contribution >= 0.6 is 0 Å². The molecule has 24 heavy (non-hydrogen) atoms. The van der Waals surface area contributed by atoms with Crippen LogP contribution < -0.4 is 4.83 Å². The third kappa shape index (κ3) is 4.09. The largest absolute Gasteiger partial charge is 0.342 e. The lowest BCUT2D eigenvalue weighted by molar-refractivity contribution is -0.132. The van der Waals surface area contributed by atoms with E-state index in [-0.39, 0.29) is 18.5 Å². The van der Waals surface area contributed by atoms with Crippen molar-refractivity contribution in [3.05, 3.63) is 0 Å². The van der Waals surface area contributed by atoms with Crippen molar-refractivity contribution in [3.63, 3.8) is 0 Å². The van der Waals surface area contributed by atoms with E-state index in [0.29, 0.717) is 11.8 Å². The fraction of sp³-hybridized carbons (Fsp3) is 0.938. The van der Waals surface area contributed by atoms with Crippen LogP contribution in [0.3, 0.4) is 0 Å². The van der Waals surface area contributed by atoms with Gasteiger partial charge in [0.25, 0.3) is 10.2 Å². The van der Waals surface area contributed by atoms with E-state index in [2.05, 4.69) is 4.83 Å². The Kier molecular flexibility index (Phi) is 5.48. The molecule has 3 aliphatic rings. The monoisotopic (exact) mass is 358 g/mol. The molecule has 2 atom stereocenters. The average Bonchev–Trinajstić information content (AvgIpc) is 3.16. The Morgan fingerprint density at radius 2 is 1.67 bits per heavy atom. The summed E-state index contributed by atoms with van der Waals surface area (Å²) >= 11 is 0. The third-order valence-corrected chi connectivity index (χ3v) is 7.21. The van der Waals surface area contributed by atoms with E-state index in [9.17, 15) is 13.2 Å². The summed E-state index contributed by atoms with van der Waals surface area (Å²) in [6.07, 6.45) is 7.82. The summed E-state index contributed by atoms with van der Waals surface area (Å²) in [5.74, 6) is 1.40. The van der Waals surface area contributed by atoms with Gasteiger partial charge in [-0.05, 0) is 43.9 Å². The van der Waals surface area contributed by atoms with Crippen LogP contribution in [0, 0.1) is 11.8 Å². The number of nitrogens with one attached hydrogen (secondary N) is 1. The van der Waals surface area contributed by atoms with Crippen LogP contribution in [0.2, 0.25) is 0 Å². The minimum absolute atomic E-state index is 0.0341. The maximum Gasteiger partial charge on any atom is 0.292 e. The maximum atomic E-state index is 12.6. The molecule has 1 amide bonds. The molecule has 2 unspecified atom stereocenters. The summed E-state index contributed by atoms with van der Waals surface area (Å²) in [7, 11) is -0.577. The van der Waals surface area contributed by atoms with Crippen molar-refractivity contribution in [1.29, 1.82) is 0 Å². The molecule has 2 aliphatic carbocycles. The molecule has 138 valence electrons. The molecular weight excluding hydrogens is 328 g/mol. The third-order valence-electron chi connectivity index (χ3n) is 5.78. The summed E-state index contributed by atoms with van der Waals surface area (Å²) < 4.78 is 25.8. The lowest BCUT2D eigenvalue weighted by Crippen LogP contribution is -2.56. The Balaban J connectivity index is 1.71. The van der Waals surface area contributed by atoms with Crippen molar-refractivity contribution in [3.8, 4) is 0 Å². The highest BCUT2D eigenvalue weighted by Gasteiger charge is 2.39. The van der Waals surface area contributed by atoms with Crippen molar-refractivity contribution in [2.75, 3.05) is 33.7 Å². The van der Waals surface area contributed by atoms with E-state index in [1.807, 2.05) is 4.90 Å². The van der Waals surface area contributed by atoms with Crippen molar-refractivity contribution >= 4 is 16.1 Å². The highest BCUT2D eigenvalue weighted by atomic mass is 32.2. The van der Waals surface area contributed by atoms with Crippen LogP contribution in [0.1, 0.15) is 44.9 Å². The molecule has 3 rings (SSSR count). The topological polar surface area (TPSA) is 73.0 Å². The van der Waals surface area contributed by atoms with Gasteiger partial charge < -0.3 is 4.90 Å². The fourth-order valence-electron chi connectivity index (χ4n) is 4.40. The van der Waals surface area contributed by atoms with Crippen LogP contribution in [-0.2, 0) is 15.0 Å². The molecule has 1 N–H and O–H groups in total. The molecule has 0 aromatic heterocycles. The second-order valence-electron chi connectivity index (χ2n) is 7.76. The van der Waals surface area contributed by atoms with Gasteiger partial charge in [-0.15, -0.1) is 4.83 Å². The highest BCUT2D eigenvalue weighted by molar-refractivity contribution is 7.87. The van der Waals surface area contributed by atoms with Crippen molar-refractivity contribution in [1.82, 2.24) is 19.0 Å². The molecule has 0 spiro atoms. The second kappa shape index (κ2) is 7.27. The summed E-state index contributed by atoms with van der Waals surface area (Å²) in [5, 5.41) is 1.71. The number of carbonyl (C=O) groups excluding carboxylic acids is 1. The van der Waals surface area contributed by atoms with Crippen LogP contribution in [0.25, 0.3) is 0 Å². The Bertz CT molecular complexity index is 548. The highest BCUT2D eigenvalue weighted by Crippen LogP contribution is 2.43. The van der Waals surface area contributed by atoms with E-state index in [4.69, 9.17) is 0 Å². The van der Waals surface area contributed by atoms with E-state index in [1.54, 1.807) is 5.01 Å². The number of likely N-dealkylation sites (tertiary alicyclic amines) is 1. The van der Waals surface area contributed by atoms with Gasteiger partial charge in [-0.25, -0.2) is 5.01 Å². The Hall–Kier alpha value is -0.700. The zero-order valence-electron chi connectivity index (χ0n) is 14.8. The smallest absolute Gasteiger partial charge is 0.292 e. The molecule has 0 aromatic carbocycles. The normalized spacial score (nSPS) is 30.5. The van der Waals surface area contributed by atoms with E-state index < -0.39 is 10.2 Å². The van der Waals surface area contributed by atoms with Gasteiger partial charge in [0, 0.05) is 33.2 Å². The Morgan fingerprint density at radius 3 is 2.21 bits per heavy atom. The van der Waals surface area contributed by atoms with Gasteiger partial charge >= 0.3 is 0 Å². The van der Waals surface area contributed by atoms with Gasteiger partial charge in [0.15, 0.2) is 0 Å². The summed E-state index contributed by atoms with van der Waals surface area (Å²) in [6.45, 7) is 1.73. The number of nitrogens with zero attached hydrogens (tertiary/aromatic N) is 3. The molecule has 0 radical (unpaired) electrons. The zero-order chi connectivity index (χ0) is 17.3. The summed E-state index contributed by atoms with van der Waals surface area (Å²) in [6, 6.07) is 0.123. The fourth-order valence-corrected chi connectivity index (χ4v) is 5.08. The second-order valence-corrected chi connectivity index (χ2v) is 9.63. The molecule has 3 fully saturated rings. The first kappa shape index (κ1) is 18.1. The van der Waals surface area contributed by atoms with E-state index in [1.165, 1.54) is 33.4 Å². The lowest BCUT2D eigenvalue weighted by Gasteiger charge is -2.37. The molecule has 1 saturated heterocycles. The van der Waals surface area contributed by atoms with Gasteiger partial charge in [0.1, 0.15) is 0 Å². The standard InChI is InChI=1S/C16H30N4O3S/c1-18(2)24(22,23)17-20(12-16(21)19-7-3-4-8-19)15-10-13-5-6-14(9-13)11-15/h13-15,17H,3-12H2,1-2H3. The van der Waals surface area contributed by atoms with Crippen molar-refractivity contribution < 1.29 is 13.2 Å². The number of hydrazine groups is 1. The van der Waals surface area contributed by atoms with Gasteiger partial charge in [-0.1, -0.05) is 12.8 Å². The number of carbonyl (C=O) groups is 1. The molecule has 2 bridgehead atoms. The van der Waals surface area contributed by atoms with Crippen LogP contribution in [0.15, 0.2) is 0 Å². The molecule has 1 heterocycles. The predicted molar refractivity (Wildman–Crippen MR) is 92.1 cm³/mol. The number of amides is 1. The molecule has 2 saturated carbocycles. The average molecular weight is 359 g/mol. The first-order chi connectivity index (χ1) is 11.3. The van der Waals surface area contributed by atoms with Gasteiger partial charge in [-0.2, -0.15) is 12.7 Å². The predicted octanol–water partition coefficient (Wildman–Crippen LogP) is 0.801. The van der Waals surface area contributed by atoms with Crippen molar-refractivity contribution in [2.45, 2.75) is 51.0 Å². The Morgan fingerprint density at radius 1 is 1.08 bits per heavy atom. The number of hydrogen-bond acceptors (Lipinski definition) is 4. The van der Waals surface area contributed by atoms with Gasteiger partial charge in [0.05, 0.1) is 6.54 Å². The van der Waals surface area contributed by atoms with Crippen molar-refractivity contribution in [2.24, 2.45) is 11.8 Å². The SMILES string of the molecule is CN(C)S(=O)(=O)NN(CC(=O)N1CCCC1)C1CC2CCC(C2)C1. The van der Waals surface area contributed by atoms with E-state index >= 15 is 0 Å². The van der Waals surface area contributed by atoms with Gasteiger partial charge in [-0.3, -0.25) is 4.79 Å². The number of fused-ring (bicyclic) bond motifs is 2. The first-order valence-corrected chi connectivity index (χ1v) is 10.5. The minimum atomic E-state index is -3.59. The number of rotatable bonds is 6. The first-order valence-electron chi connectivity index (χ1n) is 9.09. The molecule has 0 aromatic rings. The van der Waals surface area contributed by atoms with Gasteiger partial charge in [0.2, 0.25) is 5.91 Å². The Labute approximate surface area is 145 Å². The number of hydrogen-bond donors (Lipinski definition) is 1. The summed E-state index contributed by atoms with van der Waals surface area (Å²) in [5.41, 5.74) is 0. The maximum absolute atomic E-state index is 12.6. The molecular formula is C16H30N4O3S. The minimum Gasteiger partial charge on any atom is -0.342 e. The molecule has 8 heteroatoms. The van der Waals surface area contributed by atoms with E-state index in [0.717, 1.165) is 43.1 Å². The van der Waals surface area contributed by atoms with Crippen LogP contribution in [-0.4, -0.2) is 68.3 Å².